The Labute approximate surface area is 96.6 Å². The second-order valence-electron chi connectivity index (χ2n) is 4.71. The molecule has 0 saturated heterocycles. The fourth-order valence-electron chi connectivity index (χ4n) is 1.97. The van der Waals surface area contributed by atoms with Crippen molar-refractivity contribution in [2.75, 3.05) is 32.2 Å². The van der Waals surface area contributed by atoms with Gasteiger partial charge in [-0.2, -0.15) is 0 Å². The van der Waals surface area contributed by atoms with E-state index < -0.39 is 0 Å². The summed E-state index contributed by atoms with van der Waals surface area (Å²) in [5, 5.41) is 9.29. The van der Waals surface area contributed by atoms with Crippen molar-refractivity contribution in [1.29, 1.82) is 0 Å². The molecule has 2 rings (SSSR count). The molecule has 3 nitrogen and oxygen atoms in total. The smallest absolute Gasteiger partial charge is 0.119 e. The van der Waals surface area contributed by atoms with E-state index in [-0.39, 0.29) is 5.41 Å². The number of aliphatic hydroxyl groups is 1. The summed E-state index contributed by atoms with van der Waals surface area (Å²) in [6.45, 7) is 1.23. The fraction of sp³-hybridized carbons (Fsp3) is 0.538. The van der Waals surface area contributed by atoms with Crippen LogP contribution in [0.25, 0.3) is 0 Å². The third kappa shape index (κ3) is 2.30. The molecule has 1 saturated carbocycles. The lowest BCUT2D eigenvalue weighted by Crippen LogP contribution is -2.28. The Morgan fingerprint density at radius 1 is 1.31 bits per heavy atom. The molecule has 0 unspecified atom stereocenters. The Morgan fingerprint density at radius 3 is 2.38 bits per heavy atom. The summed E-state index contributed by atoms with van der Waals surface area (Å²) in [5.41, 5.74) is 1.33. The van der Waals surface area contributed by atoms with Gasteiger partial charge in [-0.3, -0.25) is 0 Å². The summed E-state index contributed by atoms with van der Waals surface area (Å²) < 4.78 is 5.12. The van der Waals surface area contributed by atoms with Crippen molar-refractivity contribution in [3.8, 4) is 5.75 Å². The number of hydrogen-bond donors (Lipinski definition) is 1. The van der Waals surface area contributed by atoms with Crippen LogP contribution in [0.5, 0.6) is 5.75 Å². The lowest BCUT2D eigenvalue weighted by molar-refractivity contribution is 0.215. The van der Waals surface area contributed by atoms with E-state index in [0.717, 1.165) is 25.1 Å². The van der Waals surface area contributed by atoms with Crippen LogP contribution in [0.3, 0.4) is 0 Å². The molecule has 0 heterocycles. The van der Waals surface area contributed by atoms with Crippen LogP contribution in [0.2, 0.25) is 0 Å². The normalized spacial score (nSPS) is 16.9. The van der Waals surface area contributed by atoms with Crippen molar-refractivity contribution in [1.82, 2.24) is 0 Å². The molecule has 0 radical (unpaired) electrons. The van der Waals surface area contributed by atoms with Gasteiger partial charge in [-0.1, -0.05) is 0 Å². The van der Waals surface area contributed by atoms with Gasteiger partial charge in [-0.15, -0.1) is 0 Å². The summed E-state index contributed by atoms with van der Waals surface area (Å²) >= 11 is 0. The maximum Gasteiger partial charge on any atom is 0.119 e. The highest BCUT2D eigenvalue weighted by Gasteiger charge is 2.42. The number of nitrogens with zero attached hydrogens (tertiary/aromatic N) is 1. The molecule has 1 aromatic rings. The molecule has 1 N–H and O–H groups in total. The number of anilines is 1. The van der Waals surface area contributed by atoms with Crippen LogP contribution in [0.1, 0.15) is 12.8 Å². The molecule has 0 aromatic heterocycles. The Hall–Kier alpha value is -1.22. The van der Waals surface area contributed by atoms with E-state index >= 15 is 0 Å². The first-order valence-electron chi connectivity index (χ1n) is 5.65. The summed E-state index contributed by atoms with van der Waals surface area (Å²) in [5.74, 6) is 0.875. The molecule has 3 heteroatoms. The zero-order valence-corrected chi connectivity index (χ0v) is 9.94. The van der Waals surface area contributed by atoms with Gasteiger partial charge in [0.05, 0.1) is 13.7 Å². The highest BCUT2D eigenvalue weighted by Crippen LogP contribution is 2.45. The molecule has 0 amide bonds. The van der Waals surface area contributed by atoms with E-state index in [2.05, 4.69) is 11.9 Å². The van der Waals surface area contributed by atoms with Crippen molar-refractivity contribution in [2.24, 2.45) is 5.41 Å². The zero-order valence-electron chi connectivity index (χ0n) is 9.94. The minimum absolute atomic E-state index is 0.161. The lowest BCUT2D eigenvalue weighted by Gasteiger charge is -2.24. The molecule has 1 aliphatic rings. The molecule has 1 fully saturated rings. The molecule has 16 heavy (non-hydrogen) atoms. The van der Waals surface area contributed by atoms with E-state index in [1.165, 1.54) is 5.69 Å². The maximum absolute atomic E-state index is 9.29. The van der Waals surface area contributed by atoms with E-state index in [4.69, 9.17) is 4.74 Å². The number of aliphatic hydroxyl groups excluding tert-OH is 1. The van der Waals surface area contributed by atoms with Gasteiger partial charge in [0.15, 0.2) is 0 Å². The molecule has 0 spiro atoms. The second kappa shape index (κ2) is 4.34. The molecule has 88 valence electrons. The first-order chi connectivity index (χ1) is 7.69. The SMILES string of the molecule is COc1ccc(N(C)CC2(CO)CC2)cc1. The third-order valence-electron chi connectivity index (χ3n) is 3.38. The van der Waals surface area contributed by atoms with Crippen molar-refractivity contribution in [2.45, 2.75) is 12.8 Å². The van der Waals surface area contributed by atoms with Gasteiger partial charge in [0.2, 0.25) is 0 Å². The van der Waals surface area contributed by atoms with Crippen molar-refractivity contribution in [3.05, 3.63) is 24.3 Å². The third-order valence-corrected chi connectivity index (χ3v) is 3.38. The van der Waals surface area contributed by atoms with E-state index in [1.807, 2.05) is 24.3 Å². The van der Waals surface area contributed by atoms with E-state index in [9.17, 15) is 5.11 Å². The predicted octanol–water partition coefficient (Wildman–Crippen LogP) is 1.90. The monoisotopic (exact) mass is 221 g/mol. The van der Waals surface area contributed by atoms with Crippen molar-refractivity contribution >= 4 is 5.69 Å². The minimum Gasteiger partial charge on any atom is -0.497 e. The van der Waals surface area contributed by atoms with Gasteiger partial charge >= 0.3 is 0 Å². The first-order valence-corrected chi connectivity index (χ1v) is 5.65. The summed E-state index contributed by atoms with van der Waals surface area (Å²) in [6.07, 6.45) is 2.29. The highest BCUT2D eigenvalue weighted by molar-refractivity contribution is 5.48. The van der Waals surface area contributed by atoms with Gasteiger partial charge in [-0.25, -0.2) is 0 Å². The van der Waals surface area contributed by atoms with Gasteiger partial charge in [0, 0.05) is 24.7 Å². The van der Waals surface area contributed by atoms with Gasteiger partial charge in [0.1, 0.15) is 5.75 Å². The average molecular weight is 221 g/mol. The zero-order chi connectivity index (χ0) is 11.6. The standard InChI is InChI=1S/C13H19NO2/c1-14(9-13(10-15)7-8-13)11-3-5-12(16-2)6-4-11/h3-6,15H,7-10H2,1-2H3. The van der Waals surface area contributed by atoms with Crippen LogP contribution < -0.4 is 9.64 Å². The van der Waals surface area contributed by atoms with Crippen LogP contribution >= 0.6 is 0 Å². The molecule has 1 aromatic carbocycles. The number of benzene rings is 1. The van der Waals surface area contributed by atoms with E-state index in [0.29, 0.717) is 6.61 Å². The van der Waals surface area contributed by atoms with E-state index in [1.54, 1.807) is 7.11 Å². The minimum atomic E-state index is 0.161. The Kier molecular flexibility index (Phi) is 3.06. The molecule has 0 bridgehead atoms. The van der Waals surface area contributed by atoms with Gasteiger partial charge in [0.25, 0.3) is 0 Å². The summed E-state index contributed by atoms with van der Waals surface area (Å²) in [4.78, 5) is 2.20. The Morgan fingerprint density at radius 2 is 1.94 bits per heavy atom. The van der Waals surface area contributed by atoms with Crippen molar-refractivity contribution < 1.29 is 9.84 Å². The molecule has 1 aliphatic carbocycles. The second-order valence-corrected chi connectivity index (χ2v) is 4.71. The van der Waals surface area contributed by atoms with Crippen LogP contribution in [0.15, 0.2) is 24.3 Å². The molecule has 0 aliphatic heterocycles. The number of hydrogen-bond acceptors (Lipinski definition) is 3. The molecule has 0 atom stereocenters. The fourth-order valence-corrected chi connectivity index (χ4v) is 1.97. The quantitative estimate of drug-likeness (QED) is 0.824. The molecular formula is C13H19NO2. The largest absolute Gasteiger partial charge is 0.497 e. The van der Waals surface area contributed by atoms with Crippen molar-refractivity contribution in [3.63, 3.8) is 0 Å². The van der Waals surface area contributed by atoms with Crippen LogP contribution in [-0.2, 0) is 0 Å². The lowest BCUT2D eigenvalue weighted by atomic mass is 10.1. The Bertz CT molecular complexity index is 343. The van der Waals surface area contributed by atoms with Crippen LogP contribution in [-0.4, -0.2) is 32.4 Å². The predicted molar refractivity (Wildman–Crippen MR) is 65.0 cm³/mol. The van der Waals surface area contributed by atoms with Crippen LogP contribution in [0, 0.1) is 5.41 Å². The summed E-state index contributed by atoms with van der Waals surface area (Å²) in [7, 11) is 3.74. The molecular weight excluding hydrogens is 202 g/mol. The average Bonchev–Trinajstić information content (AvgIpc) is 3.09. The van der Waals surface area contributed by atoms with Crippen LogP contribution in [0.4, 0.5) is 5.69 Å². The number of methoxy groups -OCH3 is 1. The highest BCUT2D eigenvalue weighted by atomic mass is 16.5. The number of rotatable bonds is 5. The number of ether oxygens (including phenoxy) is 1. The topological polar surface area (TPSA) is 32.7 Å². The van der Waals surface area contributed by atoms with Gasteiger partial charge < -0.3 is 14.7 Å². The maximum atomic E-state index is 9.29. The van der Waals surface area contributed by atoms with Gasteiger partial charge in [-0.05, 0) is 37.1 Å². The summed E-state index contributed by atoms with van der Waals surface area (Å²) in [6, 6.07) is 8.02. The Balaban J connectivity index is 2.00. The first kappa shape index (κ1) is 11.3.